The van der Waals surface area contributed by atoms with Crippen molar-refractivity contribution in [1.29, 1.82) is 0 Å². The smallest absolute Gasteiger partial charge is 0.244 e. The zero-order valence-corrected chi connectivity index (χ0v) is 10.1. The van der Waals surface area contributed by atoms with Gasteiger partial charge >= 0.3 is 0 Å². The number of rotatable bonds is 3. The van der Waals surface area contributed by atoms with E-state index >= 15 is 0 Å². The van der Waals surface area contributed by atoms with Gasteiger partial charge in [0, 0.05) is 12.0 Å². The molecule has 0 aliphatic carbocycles. The monoisotopic (exact) mass is 220 g/mol. The van der Waals surface area contributed by atoms with Gasteiger partial charge in [-0.05, 0) is 24.2 Å². The maximum absolute atomic E-state index is 13.4. The highest BCUT2D eigenvalue weighted by molar-refractivity contribution is 4.94. The van der Waals surface area contributed by atoms with Gasteiger partial charge in [-0.2, -0.15) is 0 Å². The summed E-state index contributed by atoms with van der Waals surface area (Å²) in [5.74, 6) is 0.238. The van der Waals surface area contributed by atoms with E-state index in [1.54, 1.807) is 0 Å². The SMILES string of the molecule is CC(C)C1COCC[C@]1(C(C)C)C(F)F. The summed E-state index contributed by atoms with van der Waals surface area (Å²) in [6, 6.07) is 0. The average molecular weight is 220 g/mol. The molecule has 0 spiro atoms. The van der Waals surface area contributed by atoms with E-state index in [9.17, 15) is 8.78 Å². The van der Waals surface area contributed by atoms with Gasteiger partial charge in [0.15, 0.2) is 0 Å². The molecular weight excluding hydrogens is 198 g/mol. The first kappa shape index (κ1) is 12.9. The number of hydrogen-bond acceptors (Lipinski definition) is 1. The van der Waals surface area contributed by atoms with Crippen LogP contribution in [0.3, 0.4) is 0 Å². The van der Waals surface area contributed by atoms with Gasteiger partial charge in [0.25, 0.3) is 0 Å². The van der Waals surface area contributed by atoms with Crippen molar-refractivity contribution < 1.29 is 13.5 Å². The van der Waals surface area contributed by atoms with Crippen LogP contribution in [0.25, 0.3) is 0 Å². The summed E-state index contributed by atoms with van der Waals surface area (Å²) >= 11 is 0. The normalized spacial score (nSPS) is 33.0. The van der Waals surface area contributed by atoms with Crippen LogP contribution in [0.2, 0.25) is 0 Å². The van der Waals surface area contributed by atoms with Crippen molar-refractivity contribution in [2.75, 3.05) is 13.2 Å². The number of halogens is 2. The van der Waals surface area contributed by atoms with Gasteiger partial charge < -0.3 is 4.74 Å². The van der Waals surface area contributed by atoms with Crippen LogP contribution in [-0.4, -0.2) is 19.6 Å². The van der Waals surface area contributed by atoms with Crippen molar-refractivity contribution >= 4 is 0 Å². The lowest BCUT2D eigenvalue weighted by molar-refractivity contribution is -0.160. The third-order valence-corrected chi connectivity index (χ3v) is 3.95. The zero-order valence-electron chi connectivity index (χ0n) is 10.1. The van der Waals surface area contributed by atoms with E-state index in [2.05, 4.69) is 0 Å². The third-order valence-electron chi connectivity index (χ3n) is 3.95. The Morgan fingerprint density at radius 2 is 1.80 bits per heavy atom. The van der Waals surface area contributed by atoms with E-state index in [1.807, 2.05) is 27.7 Å². The van der Waals surface area contributed by atoms with Crippen molar-refractivity contribution in [3.05, 3.63) is 0 Å². The Labute approximate surface area is 91.2 Å². The Bertz CT molecular complexity index is 194. The lowest BCUT2D eigenvalue weighted by Gasteiger charge is -2.48. The van der Waals surface area contributed by atoms with Crippen molar-refractivity contribution in [2.45, 2.75) is 40.5 Å². The molecule has 1 nitrogen and oxygen atoms in total. The third kappa shape index (κ3) is 2.17. The molecule has 0 amide bonds. The molecule has 15 heavy (non-hydrogen) atoms. The Balaban J connectivity index is 2.99. The van der Waals surface area contributed by atoms with Gasteiger partial charge in [-0.15, -0.1) is 0 Å². The molecule has 0 aromatic rings. The predicted octanol–water partition coefficient (Wildman–Crippen LogP) is 3.59. The summed E-state index contributed by atoms with van der Waals surface area (Å²) in [4.78, 5) is 0. The first-order valence-corrected chi connectivity index (χ1v) is 5.78. The second-order valence-corrected chi connectivity index (χ2v) is 5.24. The van der Waals surface area contributed by atoms with Crippen LogP contribution in [0.5, 0.6) is 0 Å². The average Bonchev–Trinajstić information content (AvgIpc) is 2.16. The van der Waals surface area contributed by atoms with E-state index in [4.69, 9.17) is 4.74 Å². The summed E-state index contributed by atoms with van der Waals surface area (Å²) < 4.78 is 32.1. The van der Waals surface area contributed by atoms with Crippen LogP contribution in [0.4, 0.5) is 8.78 Å². The first-order valence-electron chi connectivity index (χ1n) is 5.78. The van der Waals surface area contributed by atoms with Crippen molar-refractivity contribution in [2.24, 2.45) is 23.2 Å². The first-order chi connectivity index (χ1) is 6.93. The fourth-order valence-corrected chi connectivity index (χ4v) is 2.85. The molecule has 2 atom stereocenters. The van der Waals surface area contributed by atoms with E-state index < -0.39 is 11.8 Å². The summed E-state index contributed by atoms with van der Waals surface area (Å²) in [7, 11) is 0. The quantitative estimate of drug-likeness (QED) is 0.706. The van der Waals surface area contributed by atoms with Gasteiger partial charge in [-0.1, -0.05) is 27.7 Å². The molecule has 0 aromatic carbocycles. The van der Waals surface area contributed by atoms with E-state index in [-0.39, 0.29) is 17.8 Å². The maximum atomic E-state index is 13.4. The molecule has 1 fully saturated rings. The minimum atomic E-state index is -2.24. The topological polar surface area (TPSA) is 9.23 Å². The number of alkyl halides is 2. The fraction of sp³-hybridized carbons (Fsp3) is 1.00. The minimum absolute atomic E-state index is 0.00815. The highest BCUT2D eigenvalue weighted by Gasteiger charge is 2.51. The van der Waals surface area contributed by atoms with Crippen LogP contribution in [-0.2, 0) is 4.74 Å². The fourth-order valence-electron chi connectivity index (χ4n) is 2.85. The largest absolute Gasteiger partial charge is 0.381 e. The molecule has 1 saturated heterocycles. The molecule has 1 aliphatic rings. The molecule has 1 heterocycles. The van der Waals surface area contributed by atoms with Crippen molar-refractivity contribution in [3.8, 4) is 0 Å². The molecule has 3 heteroatoms. The van der Waals surface area contributed by atoms with Crippen LogP contribution in [0, 0.1) is 23.2 Å². The second-order valence-electron chi connectivity index (χ2n) is 5.24. The molecule has 0 bridgehead atoms. The van der Waals surface area contributed by atoms with E-state index in [1.165, 1.54) is 0 Å². The molecule has 1 aliphatic heterocycles. The standard InChI is InChI=1S/C12H22F2O/c1-8(2)10-7-15-6-5-12(10,9(3)4)11(13)14/h8-11H,5-7H2,1-4H3/t10?,12-/m1/s1. The Morgan fingerprint density at radius 3 is 2.13 bits per heavy atom. The molecular formula is C12H22F2O. The number of ether oxygens (including phenoxy) is 1. The molecule has 0 saturated carbocycles. The van der Waals surface area contributed by atoms with Gasteiger partial charge in [0.1, 0.15) is 0 Å². The lowest BCUT2D eigenvalue weighted by Crippen LogP contribution is -2.50. The van der Waals surface area contributed by atoms with Crippen LogP contribution >= 0.6 is 0 Å². The molecule has 0 aromatic heterocycles. The summed E-state index contributed by atoms with van der Waals surface area (Å²) in [5.41, 5.74) is -0.841. The molecule has 1 rings (SSSR count). The van der Waals surface area contributed by atoms with Gasteiger partial charge in [-0.25, -0.2) is 8.78 Å². The lowest BCUT2D eigenvalue weighted by atomic mass is 9.61. The molecule has 1 unspecified atom stereocenters. The predicted molar refractivity (Wildman–Crippen MR) is 57.0 cm³/mol. The zero-order chi connectivity index (χ0) is 11.6. The van der Waals surface area contributed by atoms with Crippen LogP contribution in [0.1, 0.15) is 34.1 Å². The maximum Gasteiger partial charge on any atom is 0.244 e. The molecule has 90 valence electrons. The minimum Gasteiger partial charge on any atom is -0.381 e. The van der Waals surface area contributed by atoms with E-state index in [0.717, 1.165) is 0 Å². The Kier molecular flexibility index (Phi) is 4.10. The van der Waals surface area contributed by atoms with Crippen molar-refractivity contribution in [1.82, 2.24) is 0 Å². The van der Waals surface area contributed by atoms with E-state index in [0.29, 0.717) is 19.6 Å². The highest BCUT2D eigenvalue weighted by atomic mass is 19.3. The Morgan fingerprint density at radius 1 is 1.20 bits per heavy atom. The number of hydrogen-bond donors (Lipinski definition) is 0. The van der Waals surface area contributed by atoms with Crippen LogP contribution < -0.4 is 0 Å². The second kappa shape index (κ2) is 4.77. The van der Waals surface area contributed by atoms with Gasteiger partial charge in [-0.3, -0.25) is 0 Å². The van der Waals surface area contributed by atoms with Gasteiger partial charge in [0.05, 0.1) is 6.61 Å². The van der Waals surface area contributed by atoms with Gasteiger partial charge in [0.2, 0.25) is 6.43 Å². The van der Waals surface area contributed by atoms with Crippen molar-refractivity contribution in [3.63, 3.8) is 0 Å². The summed E-state index contributed by atoms with van der Waals surface area (Å²) in [6.45, 7) is 8.81. The highest BCUT2D eigenvalue weighted by Crippen LogP contribution is 2.49. The summed E-state index contributed by atoms with van der Waals surface area (Å²) in [6.07, 6.45) is -1.75. The molecule has 0 radical (unpaired) electrons. The van der Waals surface area contributed by atoms with Crippen LogP contribution in [0.15, 0.2) is 0 Å². The Hall–Kier alpha value is -0.180. The summed E-state index contributed by atoms with van der Waals surface area (Å²) in [5, 5.41) is 0. The molecule has 0 N–H and O–H groups in total.